The van der Waals surface area contributed by atoms with Gasteiger partial charge in [-0.25, -0.2) is 14.4 Å². The zero-order valence-corrected chi connectivity index (χ0v) is 8.57. The van der Waals surface area contributed by atoms with Gasteiger partial charge in [0.2, 0.25) is 0 Å². The molecule has 0 radical (unpaired) electrons. The number of halogens is 1. The maximum atomic E-state index is 13.6. The molecule has 0 saturated heterocycles. The standard InChI is InChI=1S/C11H11FN4/c12-7-3-1-2-6-8(7)15-10(16-9(6)13)11(14)4-5-11/h1-3H,4-5,14H2,(H2,13,15,16). The van der Waals surface area contributed by atoms with Crippen molar-refractivity contribution >= 4 is 16.7 Å². The van der Waals surface area contributed by atoms with Gasteiger partial charge in [0.25, 0.3) is 0 Å². The summed E-state index contributed by atoms with van der Waals surface area (Å²) in [5.41, 5.74) is 11.5. The van der Waals surface area contributed by atoms with Crippen molar-refractivity contribution in [3.8, 4) is 0 Å². The van der Waals surface area contributed by atoms with Gasteiger partial charge in [-0.2, -0.15) is 0 Å². The van der Waals surface area contributed by atoms with Crippen molar-refractivity contribution in [1.82, 2.24) is 9.97 Å². The number of hydrogen-bond donors (Lipinski definition) is 2. The number of anilines is 1. The van der Waals surface area contributed by atoms with Gasteiger partial charge in [-0.05, 0) is 25.0 Å². The zero-order chi connectivity index (χ0) is 11.3. The number of nitrogen functional groups attached to an aromatic ring is 1. The van der Waals surface area contributed by atoms with Crippen molar-refractivity contribution in [2.24, 2.45) is 5.73 Å². The molecule has 1 saturated carbocycles. The Kier molecular flexibility index (Phi) is 1.71. The Balaban J connectivity index is 2.32. The van der Waals surface area contributed by atoms with Gasteiger partial charge < -0.3 is 11.5 Å². The lowest BCUT2D eigenvalue weighted by atomic mass is 10.2. The van der Waals surface area contributed by atoms with E-state index < -0.39 is 11.4 Å². The predicted molar refractivity (Wildman–Crippen MR) is 59.0 cm³/mol. The first-order valence-electron chi connectivity index (χ1n) is 5.11. The number of fused-ring (bicyclic) bond motifs is 1. The molecule has 0 amide bonds. The van der Waals surface area contributed by atoms with E-state index in [1.165, 1.54) is 6.07 Å². The summed E-state index contributed by atoms with van der Waals surface area (Å²) in [6.45, 7) is 0. The molecule has 1 aromatic carbocycles. The summed E-state index contributed by atoms with van der Waals surface area (Å²) in [4.78, 5) is 8.33. The monoisotopic (exact) mass is 218 g/mol. The van der Waals surface area contributed by atoms with Crippen LogP contribution in [0.3, 0.4) is 0 Å². The number of aromatic nitrogens is 2. The van der Waals surface area contributed by atoms with Crippen LogP contribution in [0.15, 0.2) is 18.2 Å². The minimum Gasteiger partial charge on any atom is -0.383 e. The Bertz CT molecular complexity index is 577. The number of nitrogens with two attached hydrogens (primary N) is 2. The van der Waals surface area contributed by atoms with E-state index in [2.05, 4.69) is 9.97 Å². The lowest BCUT2D eigenvalue weighted by molar-refractivity contribution is 0.630. The van der Waals surface area contributed by atoms with Crippen LogP contribution in [0.2, 0.25) is 0 Å². The molecule has 3 rings (SSSR count). The lowest BCUT2D eigenvalue weighted by Crippen LogP contribution is -2.23. The first-order chi connectivity index (χ1) is 7.60. The summed E-state index contributed by atoms with van der Waals surface area (Å²) < 4.78 is 13.6. The zero-order valence-electron chi connectivity index (χ0n) is 8.57. The molecule has 0 aliphatic heterocycles. The van der Waals surface area contributed by atoms with E-state index in [1.54, 1.807) is 12.1 Å². The summed E-state index contributed by atoms with van der Waals surface area (Å²) in [6, 6.07) is 4.65. The Morgan fingerprint density at radius 2 is 2.00 bits per heavy atom. The Labute approximate surface area is 91.5 Å². The van der Waals surface area contributed by atoms with Gasteiger partial charge in [0.15, 0.2) is 5.82 Å². The molecule has 0 unspecified atom stereocenters. The molecule has 0 spiro atoms. The van der Waals surface area contributed by atoms with E-state index >= 15 is 0 Å². The van der Waals surface area contributed by atoms with Crippen LogP contribution in [0.1, 0.15) is 18.7 Å². The molecule has 82 valence electrons. The molecule has 5 heteroatoms. The van der Waals surface area contributed by atoms with Gasteiger partial charge in [-0.15, -0.1) is 0 Å². The fraction of sp³-hybridized carbons (Fsp3) is 0.273. The van der Waals surface area contributed by atoms with Crippen LogP contribution in [0.25, 0.3) is 10.9 Å². The van der Waals surface area contributed by atoms with Gasteiger partial charge in [0.1, 0.15) is 17.2 Å². The smallest absolute Gasteiger partial charge is 0.151 e. The van der Waals surface area contributed by atoms with Crippen molar-refractivity contribution in [1.29, 1.82) is 0 Å². The van der Waals surface area contributed by atoms with Crippen LogP contribution >= 0.6 is 0 Å². The average Bonchev–Trinajstić information content (AvgIpc) is 2.99. The molecule has 1 fully saturated rings. The second kappa shape index (κ2) is 2.89. The van der Waals surface area contributed by atoms with Gasteiger partial charge in [0, 0.05) is 5.39 Å². The van der Waals surface area contributed by atoms with Crippen LogP contribution in [0.5, 0.6) is 0 Å². The molecule has 16 heavy (non-hydrogen) atoms. The summed E-state index contributed by atoms with van der Waals surface area (Å²) in [5.74, 6) is 0.343. The highest BCUT2D eigenvalue weighted by Gasteiger charge is 2.43. The maximum absolute atomic E-state index is 13.6. The molecule has 2 aromatic rings. The van der Waals surface area contributed by atoms with E-state index in [9.17, 15) is 4.39 Å². The lowest BCUT2D eigenvalue weighted by Gasteiger charge is -2.10. The molecule has 0 bridgehead atoms. The normalized spacial score (nSPS) is 17.6. The SMILES string of the molecule is Nc1nc(C2(N)CC2)nc2c(F)cccc12. The van der Waals surface area contributed by atoms with Crippen LogP contribution in [0, 0.1) is 5.82 Å². The number of benzene rings is 1. The third-order valence-corrected chi connectivity index (χ3v) is 2.94. The molecule has 4 N–H and O–H groups in total. The average molecular weight is 218 g/mol. The van der Waals surface area contributed by atoms with Gasteiger partial charge >= 0.3 is 0 Å². The van der Waals surface area contributed by atoms with Crippen LogP contribution < -0.4 is 11.5 Å². The van der Waals surface area contributed by atoms with Crippen molar-refractivity contribution in [2.45, 2.75) is 18.4 Å². The topological polar surface area (TPSA) is 77.8 Å². The van der Waals surface area contributed by atoms with E-state index in [-0.39, 0.29) is 11.3 Å². The van der Waals surface area contributed by atoms with Gasteiger partial charge in [-0.1, -0.05) is 6.07 Å². The van der Waals surface area contributed by atoms with E-state index in [0.717, 1.165) is 12.8 Å². The molecule has 4 nitrogen and oxygen atoms in total. The van der Waals surface area contributed by atoms with Crippen LogP contribution in [-0.4, -0.2) is 9.97 Å². The van der Waals surface area contributed by atoms with Crippen LogP contribution in [-0.2, 0) is 5.54 Å². The maximum Gasteiger partial charge on any atom is 0.151 e. The second-order valence-corrected chi connectivity index (χ2v) is 4.22. The highest BCUT2D eigenvalue weighted by Crippen LogP contribution is 2.41. The largest absolute Gasteiger partial charge is 0.383 e. The number of nitrogens with zero attached hydrogens (tertiary/aromatic N) is 2. The number of rotatable bonds is 1. The molecular weight excluding hydrogens is 207 g/mol. The molecule has 0 atom stereocenters. The summed E-state index contributed by atoms with van der Waals surface area (Å²) in [5, 5.41) is 0.535. The minimum atomic E-state index is -0.495. The highest BCUT2D eigenvalue weighted by molar-refractivity contribution is 5.88. The molecule has 1 aromatic heterocycles. The Morgan fingerprint density at radius 3 is 2.69 bits per heavy atom. The fourth-order valence-corrected chi connectivity index (χ4v) is 1.72. The third-order valence-electron chi connectivity index (χ3n) is 2.94. The van der Waals surface area contributed by atoms with Crippen molar-refractivity contribution in [3.05, 3.63) is 29.8 Å². The molecule has 1 aliphatic rings. The summed E-state index contributed by atoms with van der Waals surface area (Å²) >= 11 is 0. The van der Waals surface area contributed by atoms with Crippen LogP contribution in [0.4, 0.5) is 10.2 Å². The van der Waals surface area contributed by atoms with Crippen molar-refractivity contribution in [2.75, 3.05) is 5.73 Å². The minimum absolute atomic E-state index is 0.252. The first kappa shape index (κ1) is 9.47. The molecule has 1 heterocycles. The van der Waals surface area contributed by atoms with E-state index in [4.69, 9.17) is 11.5 Å². The predicted octanol–water partition coefficient (Wildman–Crippen LogP) is 1.30. The van der Waals surface area contributed by atoms with E-state index in [1.807, 2.05) is 0 Å². The first-order valence-corrected chi connectivity index (χ1v) is 5.11. The summed E-state index contributed by atoms with van der Waals surface area (Å²) in [7, 11) is 0. The third kappa shape index (κ3) is 1.25. The number of para-hydroxylation sites is 1. The fourth-order valence-electron chi connectivity index (χ4n) is 1.72. The van der Waals surface area contributed by atoms with E-state index in [0.29, 0.717) is 11.2 Å². The Hall–Kier alpha value is -1.75. The Morgan fingerprint density at radius 1 is 1.25 bits per heavy atom. The highest BCUT2D eigenvalue weighted by atomic mass is 19.1. The molecular formula is C11H11FN4. The van der Waals surface area contributed by atoms with Gasteiger partial charge in [-0.3, -0.25) is 0 Å². The van der Waals surface area contributed by atoms with Crippen molar-refractivity contribution in [3.63, 3.8) is 0 Å². The number of hydrogen-bond acceptors (Lipinski definition) is 4. The molecule has 1 aliphatic carbocycles. The quantitative estimate of drug-likeness (QED) is 0.756. The summed E-state index contributed by atoms with van der Waals surface area (Å²) in [6.07, 6.45) is 1.65. The van der Waals surface area contributed by atoms with Gasteiger partial charge in [0.05, 0.1) is 5.54 Å². The van der Waals surface area contributed by atoms with Crippen molar-refractivity contribution < 1.29 is 4.39 Å². The second-order valence-electron chi connectivity index (χ2n) is 4.22.